The maximum atomic E-state index is 12.9. The number of thioether (sulfide) groups is 1. The molecule has 0 saturated heterocycles. The van der Waals surface area contributed by atoms with Gasteiger partial charge in [0.15, 0.2) is 5.16 Å². The first-order valence-corrected chi connectivity index (χ1v) is 11.5. The number of nitrogens with zero attached hydrogens (tertiary/aromatic N) is 2. The number of carbonyl (C=O) groups excluding carboxylic acids is 2. The van der Waals surface area contributed by atoms with Crippen LogP contribution in [-0.4, -0.2) is 27.1 Å². The molecule has 0 aliphatic rings. The van der Waals surface area contributed by atoms with Crippen LogP contribution < -0.4 is 16.2 Å². The fourth-order valence-corrected chi connectivity index (χ4v) is 4.43. The van der Waals surface area contributed by atoms with Crippen molar-refractivity contribution in [3.63, 3.8) is 0 Å². The average molecular weight is 445 g/mol. The molecule has 9 heteroatoms. The molecular weight excluding hydrogens is 420 g/mol. The number of anilines is 2. The number of benzene rings is 1. The van der Waals surface area contributed by atoms with Crippen LogP contribution in [0.5, 0.6) is 0 Å². The van der Waals surface area contributed by atoms with Gasteiger partial charge < -0.3 is 10.6 Å². The van der Waals surface area contributed by atoms with E-state index in [9.17, 15) is 14.4 Å². The summed E-state index contributed by atoms with van der Waals surface area (Å²) in [6.07, 6.45) is 0.855. The van der Waals surface area contributed by atoms with Crippen LogP contribution in [0.2, 0.25) is 0 Å². The minimum atomic E-state index is -0.213. The Morgan fingerprint density at radius 3 is 2.63 bits per heavy atom. The number of rotatable bonds is 8. The number of thiophene rings is 1. The first-order valence-electron chi connectivity index (χ1n) is 9.62. The second-order valence-electron chi connectivity index (χ2n) is 7.27. The third-order valence-electron chi connectivity index (χ3n) is 4.26. The lowest BCUT2D eigenvalue weighted by atomic mass is 10.1. The second kappa shape index (κ2) is 9.90. The predicted octanol–water partition coefficient (Wildman–Crippen LogP) is 4.19. The maximum absolute atomic E-state index is 12.9. The van der Waals surface area contributed by atoms with E-state index in [1.54, 1.807) is 28.8 Å². The van der Waals surface area contributed by atoms with Crippen molar-refractivity contribution in [3.05, 3.63) is 46.1 Å². The van der Waals surface area contributed by atoms with E-state index < -0.39 is 0 Å². The van der Waals surface area contributed by atoms with Crippen molar-refractivity contribution < 1.29 is 9.59 Å². The molecule has 0 aliphatic heterocycles. The molecule has 1 aromatic carbocycles. The molecule has 3 aromatic rings. The minimum Gasteiger partial charge on any atom is -0.326 e. The van der Waals surface area contributed by atoms with Gasteiger partial charge in [0, 0.05) is 24.8 Å². The van der Waals surface area contributed by atoms with E-state index in [0.29, 0.717) is 39.2 Å². The van der Waals surface area contributed by atoms with Crippen molar-refractivity contribution in [2.45, 2.75) is 38.9 Å². The van der Waals surface area contributed by atoms with Gasteiger partial charge in [-0.2, -0.15) is 0 Å². The molecule has 30 heavy (non-hydrogen) atoms. The average Bonchev–Trinajstić information content (AvgIpc) is 3.14. The first-order chi connectivity index (χ1) is 14.3. The lowest BCUT2D eigenvalue weighted by Crippen LogP contribution is -2.24. The van der Waals surface area contributed by atoms with E-state index in [2.05, 4.69) is 29.5 Å². The summed E-state index contributed by atoms with van der Waals surface area (Å²) in [6, 6.07) is 8.77. The van der Waals surface area contributed by atoms with E-state index in [-0.39, 0.29) is 23.1 Å². The van der Waals surface area contributed by atoms with Crippen LogP contribution in [0.1, 0.15) is 27.2 Å². The highest BCUT2D eigenvalue weighted by atomic mass is 32.2. The van der Waals surface area contributed by atoms with Gasteiger partial charge in [0.25, 0.3) is 5.56 Å². The van der Waals surface area contributed by atoms with Gasteiger partial charge in [-0.25, -0.2) is 4.98 Å². The molecule has 7 nitrogen and oxygen atoms in total. The number of hydrogen-bond donors (Lipinski definition) is 2. The molecular formula is C21H24N4O3S2. The van der Waals surface area contributed by atoms with E-state index in [1.807, 2.05) is 11.4 Å². The molecule has 0 unspecified atom stereocenters. The molecule has 0 saturated carbocycles. The summed E-state index contributed by atoms with van der Waals surface area (Å²) in [5.41, 5.74) is 1.81. The summed E-state index contributed by atoms with van der Waals surface area (Å²) in [7, 11) is 0. The number of amides is 2. The Morgan fingerprint density at radius 2 is 1.93 bits per heavy atom. The third kappa shape index (κ3) is 5.70. The molecule has 2 N–H and O–H groups in total. The Kier molecular flexibility index (Phi) is 7.28. The van der Waals surface area contributed by atoms with Gasteiger partial charge in [-0.05, 0) is 42.0 Å². The number of hydrogen-bond acceptors (Lipinski definition) is 6. The monoisotopic (exact) mass is 444 g/mol. The molecule has 0 bridgehead atoms. The van der Waals surface area contributed by atoms with Gasteiger partial charge in [-0.1, -0.05) is 31.7 Å². The van der Waals surface area contributed by atoms with E-state index >= 15 is 0 Å². The highest BCUT2D eigenvalue weighted by Gasteiger charge is 2.15. The zero-order valence-electron chi connectivity index (χ0n) is 17.1. The normalized spacial score (nSPS) is 11.1. The molecule has 3 rings (SSSR count). The predicted molar refractivity (Wildman–Crippen MR) is 123 cm³/mol. The number of carbonyl (C=O) groups is 2. The lowest BCUT2D eigenvalue weighted by molar-refractivity contribution is -0.114. The number of nitrogens with one attached hydrogen (secondary N) is 2. The van der Waals surface area contributed by atoms with E-state index in [1.165, 1.54) is 30.0 Å². The smallest absolute Gasteiger partial charge is 0.272 e. The third-order valence-corrected chi connectivity index (χ3v) is 6.13. The Bertz CT molecular complexity index is 1120. The fourth-order valence-electron chi connectivity index (χ4n) is 2.82. The summed E-state index contributed by atoms with van der Waals surface area (Å²) in [6.45, 7) is 6.22. The lowest BCUT2D eigenvalue weighted by Gasteiger charge is -2.13. The Balaban J connectivity index is 1.73. The summed E-state index contributed by atoms with van der Waals surface area (Å²) < 4.78 is 2.32. The molecule has 2 heterocycles. The molecule has 2 amide bonds. The van der Waals surface area contributed by atoms with Crippen molar-refractivity contribution in [2.75, 3.05) is 16.4 Å². The van der Waals surface area contributed by atoms with Crippen LogP contribution in [0.25, 0.3) is 10.2 Å². The number of fused-ring (bicyclic) bond motifs is 1. The Labute approximate surface area is 182 Å². The van der Waals surface area contributed by atoms with Gasteiger partial charge in [0.05, 0.1) is 11.3 Å². The van der Waals surface area contributed by atoms with Gasteiger partial charge in [-0.15, -0.1) is 11.3 Å². The maximum Gasteiger partial charge on any atom is 0.272 e. The Hall–Kier alpha value is -2.65. The molecule has 0 aliphatic carbocycles. The van der Waals surface area contributed by atoms with Crippen LogP contribution in [0.15, 0.2) is 45.7 Å². The Morgan fingerprint density at radius 1 is 1.20 bits per heavy atom. The zero-order chi connectivity index (χ0) is 21.7. The second-order valence-corrected chi connectivity index (χ2v) is 9.13. The van der Waals surface area contributed by atoms with Crippen LogP contribution in [-0.2, 0) is 16.1 Å². The molecule has 158 valence electrons. The SMILES string of the molecule is CC(=O)Nc1cccc(NC(=O)CSc2nc3ccsc3c(=O)n2CCC(C)C)c1. The molecule has 2 aromatic heterocycles. The molecule has 0 atom stereocenters. The summed E-state index contributed by atoms with van der Waals surface area (Å²) in [5, 5.41) is 7.91. The van der Waals surface area contributed by atoms with Gasteiger partial charge in [0.2, 0.25) is 11.8 Å². The summed E-state index contributed by atoms with van der Waals surface area (Å²) in [5.74, 6) is 0.181. The van der Waals surface area contributed by atoms with Crippen molar-refractivity contribution in [2.24, 2.45) is 5.92 Å². The van der Waals surface area contributed by atoms with Crippen LogP contribution in [0.3, 0.4) is 0 Å². The van der Waals surface area contributed by atoms with Crippen LogP contribution >= 0.6 is 23.1 Å². The quantitative estimate of drug-likeness (QED) is 0.401. The molecule has 0 fully saturated rings. The highest BCUT2D eigenvalue weighted by molar-refractivity contribution is 7.99. The van der Waals surface area contributed by atoms with Crippen LogP contribution in [0.4, 0.5) is 11.4 Å². The van der Waals surface area contributed by atoms with E-state index in [4.69, 9.17) is 0 Å². The van der Waals surface area contributed by atoms with Crippen molar-refractivity contribution in [3.8, 4) is 0 Å². The van der Waals surface area contributed by atoms with Gasteiger partial charge in [-0.3, -0.25) is 19.0 Å². The summed E-state index contributed by atoms with van der Waals surface area (Å²) in [4.78, 5) is 41.1. The van der Waals surface area contributed by atoms with Crippen molar-refractivity contribution in [1.29, 1.82) is 0 Å². The highest BCUT2D eigenvalue weighted by Crippen LogP contribution is 2.22. The minimum absolute atomic E-state index is 0.0541. The van der Waals surface area contributed by atoms with Crippen LogP contribution in [0, 0.1) is 5.92 Å². The molecule has 0 radical (unpaired) electrons. The van der Waals surface area contributed by atoms with E-state index in [0.717, 1.165) is 6.42 Å². The molecule has 0 spiro atoms. The number of aromatic nitrogens is 2. The fraction of sp³-hybridized carbons (Fsp3) is 0.333. The zero-order valence-corrected chi connectivity index (χ0v) is 18.7. The van der Waals surface area contributed by atoms with Gasteiger partial charge >= 0.3 is 0 Å². The topological polar surface area (TPSA) is 93.1 Å². The van der Waals surface area contributed by atoms with Crippen molar-refractivity contribution in [1.82, 2.24) is 9.55 Å². The first kappa shape index (κ1) is 22.0. The van der Waals surface area contributed by atoms with Crippen molar-refractivity contribution >= 4 is 56.5 Å². The largest absolute Gasteiger partial charge is 0.326 e. The van der Waals surface area contributed by atoms with Gasteiger partial charge in [0.1, 0.15) is 4.70 Å². The summed E-state index contributed by atoms with van der Waals surface area (Å²) >= 11 is 2.64. The standard InChI is InChI=1S/C21H24N4O3S2/c1-13(2)7-9-25-20(28)19-17(8-10-29-19)24-21(25)30-12-18(27)23-16-6-4-5-15(11-16)22-14(3)26/h4-6,8,10-11,13H,7,9,12H2,1-3H3,(H,22,26)(H,23,27).